The second-order valence-corrected chi connectivity index (χ2v) is 11.4. The first kappa shape index (κ1) is 28.8. The van der Waals surface area contributed by atoms with Gasteiger partial charge in [-0.3, -0.25) is 4.90 Å². The van der Waals surface area contributed by atoms with Crippen LogP contribution in [0, 0.1) is 12.7 Å². The van der Waals surface area contributed by atoms with Crippen LogP contribution in [-0.2, 0) is 17.8 Å². The highest BCUT2D eigenvalue weighted by Gasteiger charge is 2.41. The number of alkyl halides is 6. The fraction of sp³-hybridized carbons (Fsp3) is 0.571. The molecule has 4 rings (SSSR count). The van der Waals surface area contributed by atoms with Crippen LogP contribution >= 0.6 is 0 Å². The Morgan fingerprint density at radius 2 is 1.50 bits per heavy atom. The molecule has 0 unspecified atom stereocenters. The Morgan fingerprint density at radius 3 is 2.00 bits per heavy atom. The molecule has 0 spiro atoms. The zero-order valence-corrected chi connectivity index (χ0v) is 22.0. The molecule has 0 radical (unpaired) electrons. The van der Waals surface area contributed by atoms with E-state index in [2.05, 4.69) is 15.1 Å². The molecule has 210 valence electrons. The van der Waals surface area contributed by atoms with Crippen LogP contribution < -0.4 is 5.32 Å². The van der Waals surface area contributed by atoms with Crippen LogP contribution in [0.2, 0.25) is 0 Å². The van der Waals surface area contributed by atoms with Gasteiger partial charge in [0.25, 0.3) is 0 Å². The van der Waals surface area contributed by atoms with Crippen molar-refractivity contribution in [1.29, 1.82) is 0 Å². The van der Waals surface area contributed by atoms with E-state index in [1.807, 2.05) is 14.0 Å². The molecule has 3 nitrogen and oxygen atoms in total. The quantitative estimate of drug-likeness (QED) is 0.436. The molecule has 2 atom stereocenters. The van der Waals surface area contributed by atoms with E-state index < -0.39 is 28.9 Å². The lowest BCUT2D eigenvalue weighted by molar-refractivity contribution is -0.143. The van der Waals surface area contributed by atoms with Crippen molar-refractivity contribution in [3.05, 3.63) is 70.0 Å². The minimum Gasteiger partial charge on any atom is -0.314 e. The number of likely N-dealkylation sites (N-methyl/N-ethyl adjacent to an activating group) is 1. The lowest BCUT2D eigenvalue weighted by Crippen LogP contribution is -2.61. The average Bonchev–Trinajstić information content (AvgIpc) is 2.76. The van der Waals surface area contributed by atoms with E-state index in [9.17, 15) is 30.7 Å². The third-order valence-corrected chi connectivity index (χ3v) is 8.10. The number of hydrogen-bond acceptors (Lipinski definition) is 3. The molecule has 0 aliphatic carbocycles. The molecule has 0 bridgehead atoms. The first-order valence-corrected chi connectivity index (χ1v) is 12.8. The molecule has 0 saturated carbocycles. The number of benzene rings is 2. The maximum Gasteiger partial charge on any atom is 0.416 e. The van der Waals surface area contributed by atoms with E-state index in [4.69, 9.17) is 0 Å². The van der Waals surface area contributed by atoms with Gasteiger partial charge in [0.15, 0.2) is 0 Å². The van der Waals surface area contributed by atoms with Crippen LogP contribution in [0.4, 0.5) is 30.7 Å². The molecule has 0 amide bonds. The monoisotopic (exact) mass is 545 g/mol. The molecule has 2 aromatic carbocycles. The molecule has 1 N–H and O–H groups in total. The molecule has 2 aliphatic heterocycles. The molecule has 2 heterocycles. The number of aryl methyl sites for hydroxylation is 1. The van der Waals surface area contributed by atoms with Crippen molar-refractivity contribution < 1.29 is 30.7 Å². The van der Waals surface area contributed by atoms with Gasteiger partial charge >= 0.3 is 12.4 Å². The van der Waals surface area contributed by atoms with Gasteiger partial charge in [0.2, 0.25) is 0 Å². The molecule has 2 fully saturated rings. The van der Waals surface area contributed by atoms with Crippen molar-refractivity contribution in [2.45, 2.75) is 63.0 Å². The minimum absolute atomic E-state index is 0.0120. The molecular formula is C28H34F7N3. The molecule has 2 aliphatic rings. The maximum absolute atomic E-state index is 13.9. The second kappa shape index (κ2) is 10.4. The number of piperidine rings is 1. The molecule has 0 aromatic heterocycles. The van der Waals surface area contributed by atoms with E-state index in [-0.39, 0.29) is 36.0 Å². The van der Waals surface area contributed by atoms with Crippen molar-refractivity contribution in [3.63, 3.8) is 0 Å². The largest absolute Gasteiger partial charge is 0.416 e. The van der Waals surface area contributed by atoms with E-state index >= 15 is 0 Å². The third-order valence-electron chi connectivity index (χ3n) is 8.10. The van der Waals surface area contributed by atoms with Crippen molar-refractivity contribution in [1.82, 2.24) is 15.1 Å². The number of hydrogen-bond donors (Lipinski definition) is 1. The van der Waals surface area contributed by atoms with Gasteiger partial charge in [-0.25, -0.2) is 4.39 Å². The Kier molecular flexibility index (Phi) is 7.91. The predicted octanol–water partition coefficient (Wildman–Crippen LogP) is 6.21. The van der Waals surface area contributed by atoms with Crippen molar-refractivity contribution in [3.8, 4) is 0 Å². The summed E-state index contributed by atoms with van der Waals surface area (Å²) < 4.78 is 94.9. The van der Waals surface area contributed by atoms with Crippen LogP contribution in [0.3, 0.4) is 0 Å². The highest BCUT2D eigenvalue weighted by atomic mass is 19.4. The normalized spacial score (nSPS) is 22.1. The predicted molar refractivity (Wildman–Crippen MR) is 133 cm³/mol. The Balaban J connectivity index is 1.64. The first-order valence-electron chi connectivity index (χ1n) is 12.8. The van der Waals surface area contributed by atoms with E-state index in [0.29, 0.717) is 6.04 Å². The third kappa shape index (κ3) is 6.18. The SMILES string of the molecule is Cc1cc(F)ccc1[C@H]1CN(C2CNC2)CC[C@@H]1N(C)CC(C)(C)c1cc(C(F)(F)F)cc(C(F)(F)F)c1. The first-order chi connectivity index (χ1) is 17.6. The summed E-state index contributed by atoms with van der Waals surface area (Å²) in [6.07, 6.45) is -9.01. The van der Waals surface area contributed by atoms with Gasteiger partial charge in [-0.05, 0) is 67.4 Å². The summed E-state index contributed by atoms with van der Waals surface area (Å²) in [6, 6.07) is 6.97. The average molecular weight is 546 g/mol. The number of likely N-dealkylation sites (tertiary alicyclic amines) is 1. The molecule has 38 heavy (non-hydrogen) atoms. The Bertz CT molecular complexity index is 1110. The minimum atomic E-state index is -4.90. The van der Waals surface area contributed by atoms with Gasteiger partial charge in [-0.1, -0.05) is 19.9 Å². The number of nitrogens with zero attached hydrogens (tertiary/aromatic N) is 2. The summed E-state index contributed by atoms with van der Waals surface area (Å²) >= 11 is 0. The number of nitrogens with one attached hydrogen (secondary N) is 1. The topological polar surface area (TPSA) is 18.5 Å². The van der Waals surface area contributed by atoms with Crippen LogP contribution in [-0.4, -0.2) is 61.7 Å². The van der Waals surface area contributed by atoms with Crippen LogP contribution in [0.15, 0.2) is 36.4 Å². The number of halogens is 7. The van der Waals surface area contributed by atoms with Crippen molar-refractivity contribution in [2.75, 3.05) is 39.8 Å². The van der Waals surface area contributed by atoms with E-state index in [1.165, 1.54) is 12.1 Å². The lowest BCUT2D eigenvalue weighted by atomic mass is 9.79. The molecule has 10 heteroatoms. The summed E-state index contributed by atoms with van der Waals surface area (Å²) in [7, 11) is 1.87. The van der Waals surface area contributed by atoms with Gasteiger partial charge in [0.05, 0.1) is 11.1 Å². The zero-order chi connectivity index (χ0) is 28.0. The van der Waals surface area contributed by atoms with Gasteiger partial charge in [-0.15, -0.1) is 0 Å². The molecule has 2 saturated heterocycles. The van der Waals surface area contributed by atoms with Gasteiger partial charge in [0, 0.05) is 56.1 Å². The number of rotatable bonds is 6. The fourth-order valence-corrected chi connectivity index (χ4v) is 5.89. The van der Waals surface area contributed by atoms with Gasteiger partial charge < -0.3 is 10.2 Å². The van der Waals surface area contributed by atoms with E-state index in [0.717, 1.165) is 55.9 Å². The fourth-order valence-electron chi connectivity index (χ4n) is 5.89. The standard InChI is InChI=1S/C28H34F7N3/c1-17-9-21(29)5-6-23(17)24-15-38(22-13-36-14-22)8-7-25(24)37(4)16-26(2,3)18-10-19(27(30,31)32)12-20(11-18)28(33,34)35/h5-6,9-12,22,24-25,36H,7-8,13-16H2,1-4H3/t24-,25+/m1/s1. The summed E-state index contributed by atoms with van der Waals surface area (Å²) in [5, 5.41) is 3.28. The van der Waals surface area contributed by atoms with Crippen LogP contribution in [0.25, 0.3) is 0 Å². The smallest absolute Gasteiger partial charge is 0.314 e. The summed E-state index contributed by atoms with van der Waals surface area (Å²) in [4.78, 5) is 4.47. The molecule has 2 aromatic rings. The highest BCUT2D eigenvalue weighted by molar-refractivity contribution is 5.38. The summed E-state index contributed by atoms with van der Waals surface area (Å²) in [5.74, 6) is -0.309. The zero-order valence-electron chi connectivity index (χ0n) is 22.0. The second-order valence-electron chi connectivity index (χ2n) is 11.4. The summed E-state index contributed by atoms with van der Waals surface area (Å²) in [5.41, 5.74) is -1.79. The highest BCUT2D eigenvalue weighted by Crippen LogP contribution is 2.40. The Labute approximate surface area is 219 Å². The summed E-state index contributed by atoms with van der Waals surface area (Å²) in [6.45, 7) is 8.84. The maximum atomic E-state index is 13.9. The van der Waals surface area contributed by atoms with Gasteiger partial charge in [-0.2, -0.15) is 26.3 Å². The van der Waals surface area contributed by atoms with Crippen LogP contribution in [0.5, 0.6) is 0 Å². The van der Waals surface area contributed by atoms with Crippen LogP contribution in [0.1, 0.15) is 54.0 Å². The van der Waals surface area contributed by atoms with E-state index in [1.54, 1.807) is 19.9 Å². The molecular weight excluding hydrogens is 511 g/mol. The Morgan fingerprint density at radius 1 is 0.921 bits per heavy atom. The lowest BCUT2D eigenvalue weighted by Gasteiger charge is -2.49. The van der Waals surface area contributed by atoms with Crippen molar-refractivity contribution >= 4 is 0 Å². The van der Waals surface area contributed by atoms with Gasteiger partial charge in [0.1, 0.15) is 5.82 Å². The Hall–Kier alpha value is -2.17. The van der Waals surface area contributed by atoms with Crippen molar-refractivity contribution in [2.24, 2.45) is 0 Å².